The van der Waals surface area contributed by atoms with Gasteiger partial charge in [-0.3, -0.25) is 33.6 Å². The second-order valence-corrected chi connectivity index (χ2v) is 33.4. The highest BCUT2D eigenvalue weighted by Gasteiger charge is 2.52. The number of phenolic OH excluding ortho intramolecular Hbond substituents is 3. The summed E-state index contributed by atoms with van der Waals surface area (Å²) in [6.45, 7) is 10.2. The molecule has 2 fully saturated rings. The Morgan fingerprint density at radius 2 is 1.42 bits per heavy atom. The number of aliphatic carboxylic acids is 1. The maximum Gasteiger partial charge on any atom is 0.330 e. The first kappa shape index (κ1) is 92.0. The molecule has 1 aromatic heterocycles. The predicted molar refractivity (Wildman–Crippen MR) is 448 cm³/mol. The number of carboxylic acids is 1. The van der Waals surface area contributed by atoms with E-state index in [4.69, 9.17) is 74.7 Å². The zero-order chi connectivity index (χ0) is 89.8. The number of aryl methyl sites for hydroxylation is 1. The number of benzene rings is 7. The Morgan fingerprint density at radius 1 is 0.718 bits per heavy atom. The Kier molecular flexibility index (Phi) is 28.9. The number of aromatic nitrogens is 2. The van der Waals surface area contributed by atoms with E-state index in [2.05, 4.69) is 47.2 Å². The third-order valence-electron chi connectivity index (χ3n) is 21.6. The first-order valence-corrected chi connectivity index (χ1v) is 41.2. The number of amides is 7. The lowest BCUT2D eigenvalue weighted by Gasteiger charge is -2.48. The minimum Gasteiger partial charge on any atom is -0.508 e. The van der Waals surface area contributed by atoms with E-state index in [1.807, 2.05) is 50.2 Å². The number of carbonyl (C=O) groups is 8. The van der Waals surface area contributed by atoms with E-state index >= 15 is 9.59 Å². The van der Waals surface area contributed by atoms with E-state index < -0.39 is 214 Å². The number of phenols is 3. The van der Waals surface area contributed by atoms with Crippen molar-refractivity contribution in [3.05, 3.63) is 188 Å². The summed E-state index contributed by atoms with van der Waals surface area (Å²) in [7, 11) is 1.49. The minimum absolute atomic E-state index is 0.0139. The van der Waals surface area contributed by atoms with Gasteiger partial charge in [0.1, 0.15) is 77.3 Å². The number of nitrogens with two attached hydrogens (primary N) is 2. The molecule has 39 heteroatoms. The maximum atomic E-state index is 15.6. The summed E-state index contributed by atoms with van der Waals surface area (Å²) in [6, 6.07) is 20.0. The number of nitrogens with one attached hydrogen (secondary N) is 7. The van der Waals surface area contributed by atoms with Crippen molar-refractivity contribution in [1.29, 1.82) is 0 Å². The van der Waals surface area contributed by atoms with Crippen LogP contribution in [-0.4, -0.2) is 200 Å². The van der Waals surface area contributed by atoms with Gasteiger partial charge in [-0.25, -0.2) is 9.78 Å². The van der Waals surface area contributed by atoms with Crippen LogP contribution in [-0.2, 0) is 59.1 Å². The number of carbonyl (C=O) groups excluding carboxylic acids is 7. The summed E-state index contributed by atoms with van der Waals surface area (Å²) in [6.07, 6.45) is -17.8. The van der Waals surface area contributed by atoms with Gasteiger partial charge in [0, 0.05) is 63.8 Å². The Labute approximate surface area is 728 Å². The van der Waals surface area contributed by atoms with Crippen molar-refractivity contribution in [1.82, 2.24) is 47.2 Å². The van der Waals surface area contributed by atoms with Gasteiger partial charge in [0.25, 0.3) is 0 Å². The normalized spacial score (nSPS) is 24.2. The molecule has 18 atom stereocenters. The van der Waals surface area contributed by atoms with Gasteiger partial charge in [-0.1, -0.05) is 115 Å². The predicted octanol–water partition coefficient (Wildman–Crippen LogP) is 6.28. The van der Waals surface area contributed by atoms with Crippen LogP contribution in [0.1, 0.15) is 123 Å². The monoisotopic (exact) mass is 1790 g/mol. The van der Waals surface area contributed by atoms with Crippen LogP contribution < -0.4 is 62.9 Å². The van der Waals surface area contributed by atoms with Crippen LogP contribution in [0.4, 0.5) is 0 Å². The van der Waals surface area contributed by atoms with Crippen molar-refractivity contribution >= 4 is 93.9 Å². The molecular formula is C85H92Cl3N11O24S. The first-order chi connectivity index (χ1) is 58.7. The fourth-order valence-electron chi connectivity index (χ4n) is 14.9. The fourth-order valence-corrected chi connectivity index (χ4v) is 16.4. The average Bonchev–Trinajstić information content (AvgIpc) is 0.761. The summed E-state index contributed by atoms with van der Waals surface area (Å²) < 4.78 is 40.6. The van der Waals surface area contributed by atoms with E-state index in [1.54, 1.807) is 32.9 Å². The van der Waals surface area contributed by atoms with Crippen molar-refractivity contribution in [2.45, 2.75) is 182 Å². The number of carboxylic acid groups (broad SMARTS) is 1. The molecule has 5 aliphatic rings. The second-order valence-electron chi connectivity index (χ2n) is 31.1. The van der Waals surface area contributed by atoms with E-state index in [9.17, 15) is 79.8 Å². The molecule has 8 aromatic rings. The molecule has 7 amide bonds. The highest BCUT2D eigenvalue weighted by atomic mass is 35.5. The molecule has 35 nitrogen and oxygen atoms in total. The molecule has 0 radical (unpaired) electrons. The third kappa shape index (κ3) is 21.1. The quantitative estimate of drug-likeness (QED) is 0.0209. The van der Waals surface area contributed by atoms with Crippen molar-refractivity contribution in [3.8, 4) is 74.1 Å². The molecule has 8 bridgehead atoms. The van der Waals surface area contributed by atoms with E-state index in [0.717, 1.165) is 64.9 Å². The van der Waals surface area contributed by atoms with E-state index in [-0.39, 0.29) is 85.6 Å². The zero-order valence-electron chi connectivity index (χ0n) is 67.4. The number of halogens is 3. The lowest BCUT2D eigenvalue weighted by Crippen LogP contribution is -2.65. The highest BCUT2D eigenvalue weighted by molar-refractivity contribution is 7.99. The molecule has 7 aromatic carbocycles. The van der Waals surface area contributed by atoms with Crippen molar-refractivity contribution in [2.75, 3.05) is 12.8 Å². The van der Waals surface area contributed by atoms with Crippen LogP contribution >= 0.6 is 46.6 Å². The summed E-state index contributed by atoms with van der Waals surface area (Å²) >= 11 is 21.5. The lowest BCUT2D eigenvalue weighted by molar-refractivity contribution is -0.330. The standard InChI is InChI=1S/C85H92Cl3N11O24S/c1-35(2)22-53(91-7)78(112)98-67(80(114)94-52(76(90)110)31-61(89)103)69(105)43-15-20-56(50(87)25-43)119-58-27-45-28-59(120-57-21-16-44(26-51(57)88)70(106)68-81(115)97-66(82(116)117)49-29-47(100)30-55(102)64(49)48-24-42(14-19-54(48)101)65(79(113)99-68)96-77(111)37(45)4)73(58)123-83-74(72(108)71(107)60(121-83)34-124-84-93-36(3)23-62(104)95-84)122-63-32-85(6,75(109)38(5)118-63)92-33-39-8-10-40(11-9-39)41-12-17-46(86)18-13-41/h8-21,23-30,35,37-38,52-53,60,63,65-72,74-75,83,91-92,100-102,105-109H,22,31-34H2,1-7H3,(H2,89,103)(H2,90,110)(H,94,114)(H,96,111)(H,97,115)(H,98,112)(H,99,113)(H,116,117)(H,93,95,104)/t37-,38?,52+,53-,60?,63?,65-,66-,67-,68?,69-,70-,71?,72?,74?,75?,83?,85?/m1/s1. The van der Waals surface area contributed by atoms with E-state index in [0.29, 0.717) is 10.7 Å². The van der Waals surface area contributed by atoms with Gasteiger partial charge >= 0.3 is 5.97 Å². The van der Waals surface area contributed by atoms with Crippen LogP contribution in [0.3, 0.4) is 0 Å². The Hall–Kier alpha value is -11.2. The van der Waals surface area contributed by atoms with Crippen molar-refractivity contribution in [2.24, 2.45) is 17.4 Å². The van der Waals surface area contributed by atoms with Gasteiger partial charge in [0.2, 0.25) is 59.3 Å². The molecule has 10 unspecified atom stereocenters. The molecule has 6 heterocycles. The number of hydrogen-bond donors (Lipinski definition) is 19. The highest BCUT2D eigenvalue weighted by Crippen LogP contribution is 2.50. The number of aromatic hydroxyl groups is 4. The third-order valence-corrected chi connectivity index (χ3v) is 23.4. The number of thioether (sulfide) groups is 1. The van der Waals surface area contributed by atoms with Crippen LogP contribution in [0.25, 0.3) is 22.3 Å². The van der Waals surface area contributed by atoms with Gasteiger partial charge in [-0.15, -0.1) is 0 Å². The number of aliphatic hydroxyl groups is 5. The summed E-state index contributed by atoms with van der Waals surface area (Å²) in [5.41, 5.74) is 10.7. The van der Waals surface area contributed by atoms with Gasteiger partial charge in [0.15, 0.2) is 35.1 Å². The summed E-state index contributed by atoms with van der Waals surface area (Å²) in [5, 5.41) is 136. The number of ether oxygens (including phenoxy) is 6. The van der Waals surface area contributed by atoms with Crippen LogP contribution in [0, 0.1) is 12.8 Å². The number of aliphatic hydroxyl groups excluding tert-OH is 5. The van der Waals surface area contributed by atoms with Gasteiger partial charge in [0.05, 0.1) is 46.7 Å². The Balaban J connectivity index is 1.01. The Bertz CT molecular complexity index is 5360. The minimum atomic E-state index is -2.20. The molecule has 0 spiro atoms. The van der Waals surface area contributed by atoms with Gasteiger partial charge < -0.3 is 128 Å². The SMILES string of the molecule is CN[C@H](CC(C)C)C(=O)N[C@@H](C(=O)N[C@@H](CC(N)=O)C(N)=O)[C@H](O)c1ccc(Oc2cc3cc(c2OC2OC(CSc4nc(C)cc(O)n4)C(O)C(O)C2OC2CC(C)(NCc4ccc(-c5ccc(Cl)cc5)cc4)C(O)C(C)O2)Oc2ccc(cc2Cl)[C@@H](O)C2NC(=O)[C@H](NC(=O)[C@@H]3C)c3ccc(O)c(c3)-c3c(O)cc(O)cc3[C@H](C(=O)O)NC2=O)c(Cl)c1. The number of rotatable bonds is 26. The van der Waals surface area contributed by atoms with Gasteiger partial charge in [-0.2, -0.15) is 4.98 Å². The molecule has 2 saturated heterocycles. The number of hydrogen-bond acceptors (Lipinski definition) is 28. The van der Waals surface area contributed by atoms with Crippen molar-refractivity contribution in [3.63, 3.8) is 0 Å². The molecule has 0 saturated carbocycles. The number of likely N-dealkylation sites (N-methyl/N-ethyl adjacent to an activating group) is 1. The summed E-state index contributed by atoms with van der Waals surface area (Å²) in [4.78, 5) is 121. The molecule has 124 heavy (non-hydrogen) atoms. The van der Waals surface area contributed by atoms with Crippen LogP contribution in [0.5, 0.6) is 51.9 Å². The molecule has 13 rings (SSSR count). The Morgan fingerprint density at radius 3 is 2.07 bits per heavy atom. The number of primary amides is 2. The van der Waals surface area contributed by atoms with Crippen molar-refractivity contribution < 1.29 is 118 Å². The molecule has 5 aliphatic heterocycles. The lowest BCUT2D eigenvalue weighted by atomic mass is 9.84. The number of fused-ring (bicyclic) bond motifs is 8. The molecule has 0 aliphatic carbocycles. The number of nitrogens with zero attached hydrogens (tertiary/aromatic N) is 2. The van der Waals surface area contributed by atoms with Crippen LogP contribution in [0.15, 0.2) is 139 Å². The zero-order valence-corrected chi connectivity index (χ0v) is 70.5. The topological polar surface area (TPSA) is 556 Å². The van der Waals surface area contributed by atoms with Gasteiger partial charge in [-0.05, 0) is 153 Å². The smallest absolute Gasteiger partial charge is 0.330 e. The maximum absolute atomic E-state index is 15.6. The molecular weight excluding hydrogens is 1700 g/mol. The molecule has 658 valence electrons. The first-order valence-electron chi connectivity index (χ1n) is 39.1. The van der Waals surface area contributed by atoms with E-state index in [1.165, 1.54) is 62.5 Å². The van der Waals surface area contributed by atoms with Crippen LogP contribution in [0.2, 0.25) is 15.1 Å². The fraction of sp³-hybridized carbons (Fsp3) is 0.365. The average molecular weight is 1790 g/mol. The molecule has 21 N–H and O–H groups in total. The summed E-state index contributed by atoms with van der Waals surface area (Å²) in [5.74, 6) is -16.2. The second kappa shape index (κ2) is 38.9. The largest absolute Gasteiger partial charge is 0.508 e.